The van der Waals surface area contributed by atoms with Gasteiger partial charge in [-0.15, -0.1) is 0 Å². The van der Waals surface area contributed by atoms with Crippen LogP contribution in [0.5, 0.6) is 0 Å². The minimum Gasteiger partial charge on any atom is -0.465 e. The number of rotatable bonds is 7. The molecule has 3 aromatic carbocycles. The molecule has 0 aliphatic heterocycles. The van der Waals surface area contributed by atoms with E-state index in [1.807, 2.05) is 30.3 Å². The van der Waals surface area contributed by atoms with Gasteiger partial charge in [0.2, 0.25) is 10.0 Å². The standard InChI is InChI=1S/C24H24N2O5S/c1-17-19(24(28)31-2)13-9-14-21(17)25-23(27)20-12-7-8-15-22(20)26(32(3,29)30)16-18-10-5-4-6-11-18/h4-15H,16H2,1-3H3,(H,25,27). The Hall–Kier alpha value is -3.65. The molecular formula is C24H24N2O5S. The summed E-state index contributed by atoms with van der Waals surface area (Å²) in [4.78, 5) is 25.1. The van der Waals surface area contributed by atoms with Gasteiger partial charge < -0.3 is 10.1 Å². The molecule has 3 aromatic rings. The van der Waals surface area contributed by atoms with Gasteiger partial charge in [-0.3, -0.25) is 9.10 Å². The van der Waals surface area contributed by atoms with Crippen LogP contribution in [-0.4, -0.2) is 33.7 Å². The molecule has 3 rings (SSSR count). The highest BCUT2D eigenvalue weighted by atomic mass is 32.2. The number of nitrogens with zero attached hydrogens (tertiary/aromatic N) is 1. The van der Waals surface area contributed by atoms with Crippen molar-refractivity contribution in [3.8, 4) is 0 Å². The van der Waals surface area contributed by atoms with Crippen LogP contribution in [0.4, 0.5) is 11.4 Å². The second kappa shape index (κ2) is 9.65. The first-order valence-electron chi connectivity index (χ1n) is 9.82. The Balaban J connectivity index is 1.98. The van der Waals surface area contributed by atoms with Crippen LogP contribution in [0.15, 0.2) is 72.8 Å². The average Bonchev–Trinajstić information content (AvgIpc) is 2.78. The van der Waals surface area contributed by atoms with Crippen molar-refractivity contribution < 1.29 is 22.7 Å². The van der Waals surface area contributed by atoms with Crippen LogP contribution in [0.3, 0.4) is 0 Å². The molecule has 0 saturated carbocycles. The van der Waals surface area contributed by atoms with Crippen molar-refractivity contribution in [3.63, 3.8) is 0 Å². The number of benzene rings is 3. The smallest absolute Gasteiger partial charge is 0.338 e. The molecule has 8 heteroatoms. The highest BCUT2D eigenvalue weighted by Gasteiger charge is 2.24. The van der Waals surface area contributed by atoms with Gasteiger partial charge in [-0.05, 0) is 42.3 Å². The van der Waals surface area contributed by atoms with E-state index < -0.39 is 21.9 Å². The van der Waals surface area contributed by atoms with E-state index in [1.165, 1.54) is 11.4 Å². The van der Waals surface area contributed by atoms with Crippen molar-refractivity contribution in [2.24, 2.45) is 0 Å². The minimum absolute atomic E-state index is 0.0841. The zero-order chi connectivity index (χ0) is 23.3. The highest BCUT2D eigenvalue weighted by molar-refractivity contribution is 7.92. The van der Waals surface area contributed by atoms with Crippen LogP contribution in [0.25, 0.3) is 0 Å². The van der Waals surface area contributed by atoms with Crippen molar-refractivity contribution in [2.45, 2.75) is 13.5 Å². The number of anilines is 2. The Labute approximate surface area is 187 Å². The SMILES string of the molecule is COC(=O)c1cccc(NC(=O)c2ccccc2N(Cc2ccccc2)S(C)(=O)=O)c1C. The number of ether oxygens (including phenoxy) is 1. The number of hydrogen-bond donors (Lipinski definition) is 1. The fourth-order valence-electron chi connectivity index (χ4n) is 3.31. The number of methoxy groups -OCH3 is 1. The summed E-state index contributed by atoms with van der Waals surface area (Å²) in [5.41, 5.74) is 2.56. The second-order valence-corrected chi connectivity index (χ2v) is 9.10. The molecular weight excluding hydrogens is 428 g/mol. The van der Waals surface area contributed by atoms with E-state index in [1.54, 1.807) is 49.4 Å². The molecule has 32 heavy (non-hydrogen) atoms. The molecule has 0 fully saturated rings. The Morgan fingerprint density at radius 2 is 1.53 bits per heavy atom. The van der Waals surface area contributed by atoms with Gasteiger partial charge in [0.1, 0.15) is 0 Å². The van der Waals surface area contributed by atoms with Crippen LogP contribution in [0.1, 0.15) is 31.8 Å². The van der Waals surface area contributed by atoms with Gasteiger partial charge >= 0.3 is 5.97 Å². The Kier molecular flexibility index (Phi) is 6.95. The molecule has 1 N–H and O–H groups in total. The Morgan fingerprint density at radius 3 is 2.19 bits per heavy atom. The van der Waals surface area contributed by atoms with Gasteiger partial charge in [0.15, 0.2) is 0 Å². The summed E-state index contributed by atoms with van der Waals surface area (Å²) >= 11 is 0. The lowest BCUT2D eigenvalue weighted by molar-refractivity contribution is 0.0599. The van der Waals surface area contributed by atoms with Crippen LogP contribution >= 0.6 is 0 Å². The van der Waals surface area contributed by atoms with E-state index >= 15 is 0 Å². The van der Waals surface area contributed by atoms with E-state index in [9.17, 15) is 18.0 Å². The van der Waals surface area contributed by atoms with Crippen molar-refractivity contribution in [1.29, 1.82) is 0 Å². The summed E-state index contributed by atoms with van der Waals surface area (Å²) < 4.78 is 31.2. The molecule has 0 radical (unpaired) electrons. The molecule has 0 aromatic heterocycles. The fourth-order valence-corrected chi connectivity index (χ4v) is 4.21. The fraction of sp³-hybridized carbons (Fsp3) is 0.167. The third-order valence-electron chi connectivity index (χ3n) is 4.97. The number of esters is 1. The van der Waals surface area contributed by atoms with Crippen molar-refractivity contribution in [3.05, 3.63) is 95.1 Å². The van der Waals surface area contributed by atoms with Crippen molar-refractivity contribution >= 4 is 33.3 Å². The summed E-state index contributed by atoms with van der Waals surface area (Å²) in [6, 6.07) is 20.6. The van der Waals surface area contributed by atoms with Gasteiger partial charge in [0, 0.05) is 5.69 Å². The van der Waals surface area contributed by atoms with Crippen LogP contribution in [0.2, 0.25) is 0 Å². The van der Waals surface area contributed by atoms with Gasteiger partial charge in [0.05, 0.1) is 36.7 Å². The Bertz CT molecular complexity index is 1240. The predicted octanol–water partition coefficient (Wildman–Crippen LogP) is 4.00. The van der Waals surface area contributed by atoms with E-state index in [-0.39, 0.29) is 17.8 Å². The molecule has 7 nitrogen and oxygen atoms in total. The highest BCUT2D eigenvalue weighted by Crippen LogP contribution is 2.27. The summed E-state index contributed by atoms with van der Waals surface area (Å²) in [5.74, 6) is -1.00. The monoisotopic (exact) mass is 452 g/mol. The molecule has 166 valence electrons. The number of hydrogen-bond acceptors (Lipinski definition) is 5. The van der Waals surface area contributed by atoms with Gasteiger partial charge in [-0.2, -0.15) is 0 Å². The summed E-state index contributed by atoms with van der Waals surface area (Å²) in [7, 11) is -2.39. The number of nitrogens with one attached hydrogen (secondary N) is 1. The van der Waals surface area contributed by atoms with Gasteiger partial charge in [0.25, 0.3) is 5.91 Å². The van der Waals surface area contributed by atoms with Crippen LogP contribution < -0.4 is 9.62 Å². The molecule has 0 spiro atoms. The summed E-state index contributed by atoms with van der Waals surface area (Å²) in [6.45, 7) is 1.78. The number of amides is 1. The number of sulfonamides is 1. The van der Waals surface area contributed by atoms with Crippen molar-refractivity contribution in [2.75, 3.05) is 23.0 Å². The lowest BCUT2D eigenvalue weighted by Gasteiger charge is -2.25. The maximum Gasteiger partial charge on any atom is 0.338 e. The number of carbonyl (C=O) groups is 2. The molecule has 0 aliphatic carbocycles. The normalized spacial score (nSPS) is 11.0. The van der Waals surface area contributed by atoms with E-state index in [4.69, 9.17) is 4.74 Å². The third-order valence-corrected chi connectivity index (χ3v) is 6.10. The largest absolute Gasteiger partial charge is 0.465 e. The Morgan fingerprint density at radius 1 is 0.906 bits per heavy atom. The molecule has 0 unspecified atom stereocenters. The van der Waals surface area contributed by atoms with E-state index in [2.05, 4.69) is 5.32 Å². The van der Waals surface area contributed by atoms with E-state index in [0.29, 0.717) is 16.8 Å². The first kappa shape index (κ1) is 23.0. The first-order chi connectivity index (χ1) is 15.2. The zero-order valence-corrected chi connectivity index (χ0v) is 18.8. The molecule has 0 aliphatic rings. The van der Waals surface area contributed by atoms with Crippen LogP contribution in [-0.2, 0) is 21.3 Å². The van der Waals surface area contributed by atoms with Crippen LogP contribution in [0, 0.1) is 6.92 Å². The number of carbonyl (C=O) groups excluding carboxylic acids is 2. The summed E-state index contributed by atoms with van der Waals surface area (Å²) in [5, 5.41) is 2.79. The minimum atomic E-state index is -3.68. The average molecular weight is 453 g/mol. The quantitative estimate of drug-likeness (QED) is 0.547. The zero-order valence-electron chi connectivity index (χ0n) is 18.0. The lowest BCUT2D eigenvalue weighted by Crippen LogP contribution is -2.31. The molecule has 0 atom stereocenters. The topological polar surface area (TPSA) is 92.8 Å². The second-order valence-electron chi connectivity index (χ2n) is 7.20. The van der Waals surface area contributed by atoms with Crippen molar-refractivity contribution in [1.82, 2.24) is 0 Å². The summed E-state index contributed by atoms with van der Waals surface area (Å²) in [6.07, 6.45) is 1.11. The maximum atomic E-state index is 13.2. The molecule has 1 amide bonds. The maximum absolute atomic E-state index is 13.2. The van der Waals surface area contributed by atoms with E-state index in [0.717, 1.165) is 11.8 Å². The first-order valence-corrected chi connectivity index (χ1v) is 11.7. The lowest BCUT2D eigenvalue weighted by atomic mass is 10.1. The number of para-hydroxylation sites is 1. The molecule has 0 saturated heterocycles. The molecule has 0 heterocycles. The van der Waals surface area contributed by atoms with Gasteiger partial charge in [-0.25, -0.2) is 13.2 Å². The molecule has 0 bridgehead atoms. The predicted molar refractivity (Wildman–Crippen MR) is 124 cm³/mol. The third kappa shape index (κ3) is 5.15. The van der Waals surface area contributed by atoms with Gasteiger partial charge in [-0.1, -0.05) is 48.5 Å².